The van der Waals surface area contributed by atoms with Crippen LogP contribution in [-0.2, 0) is 16.1 Å². The number of nitrogens with one attached hydrogen (secondary N) is 2. The van der Waals surface area contributed by atoms with Gasteiger partial charge < -0.3 is 15.4 Å². The zero-order valence-electron chi connectivity index (χ0n) is 17.3. The van der Waals surface area contributed by atoms with E-state index in [1.54, 1.807) is 13.3 Å². The van der Waals surface area contributed by atoms with Crippen LogP contribution in [0.2, 0.25) is 0 Å². The van der Waals surface area contributed by atoms with Crippen LogP contribution in [0.25, 0.3) is 0 Å². The molecular formula is C21H30N4O3. The highest BCUT2D eigenvalue weighted by Crippen LogP contribution is 2.24. The minimum absolute atomic E-state index is 0.0322. The maximum Gasteiger partial charge on any atom is 0.239 e. The van der Waals surface area contributed by atoms with E-state index in [4.69, 9.17) is 4.74 Å². The summed E-state index contributed by atoms with van der Waals surface area (Å²) >= 11 is 0. The second kappa shape index (κ2) is 9.39. The van der Waals surface area contributed by atoms with Crippen LogP contribution in [0.5, 0.6) is 5.75 Å². The average Bonchev–Trinajstić information content (AvgIpc) is 3.11. The zero-order chi connectivity index (χ0) is 20.7. The first-order chi connectivity index (χ1) is 13.2. The smallest absolute Gasteiger partial charge is 0.239 e. The van der Waals surface area contributed by atoms with Gasteiger partial charge in [-0.1, -0.05) is 26.8 Å². The monoisotopic (exact) mass is 386 g/mol. The van der Waals surface area contributed by atoms with Crippen molar-refractivity contribution in [2.75, 3.05) is 13.7 Å². The molecule has 2 rings (SSSR count). The quantitative estimate of drug-likeness (QED) is 0.730. The number of rotatable bonds is 8. The Morgan fingerprint density at radius 1 is 1.25 bits per heavy atom. The highest BCUT2D eigenvalue weighted by atomic mass is 16.5. The number of methoxy groups -OCH3 is 1. The third kappa shape index (κ3) is 6.72. The number of aromatic nitrogens is 2. The molecule has 0 bridgehead atoms. The Morgan fingerprint density at radius 2 is 2.00 bits per heavy atom. The molecule has 7 nitrogen and oxygen atoms in total. The molecule has 152 valence electrons. The van der Waals surface area contributed by atoms with Gasteiger partial charge in [0, 0.05) is 24.4 Å². The maximum atomic E-state index is 12.2. The second-order valence-corrected chi connectivity index (χ2v) is 8.08. The number of benzene rings is 1. The number of hydrogen-bond donors (Lipinski definition) is 2. The first-order valence-corrected chi connectivity index (χ1v) is 9.38. The first kappa shape index (κ1) is 21.5. The number of carbonyl (C=O) groups is 2. The molecule has 0 aliphatic rings. The highest BCUT2D eigenvalue weighted by molar-refractivity contribution is 5.85. The SMILES string of the molecule is COc1ccc(C(C)NC(=O)CNC(=O)CC(C)(C)C)cc1Cn1cccn1. The van der Waals surface area contributed by atoms with Gasteiger partial charge in [0.05, 0.1) is 26.2 Å². The van der Waals surface area contributed by atoms with Crippen molar-refractivity contribution < 1.29 is 14.3 Å². The van der Waals surface area contributed by atoms with Crippen molar-refractivity contribution in [1.29, 1.82) is 0 Å². The minimum atomic E-state index is -0.223. The van der Waals surface area contributed by atoms with Crippen molar-refractivity contribution in [2.45, 2.75) is 46.7 Å². The van der Waals surface area contributed by atoms with Crippen molar-refractivity contribution in [3.63, 3.8) is 0 Å². The summed E-state index contributed by atoms with van der Waals surface area (Å²) in [5.41, 5.74) is 1.82. The number of amides is 2. The summed E-state index contributed by atoms with van der Waals surface area (Å²) in [6, 6.07) is 7.49. The minimum Gasteiger partial charge on any atom is -0.496 e. The van der Waals surface area contributed by atoms with Crippen LogP contribution in [-0.4, -0.2) is 35.2 Å². The third-order valence-electron chi connectivity index (χ3n) is 4.21. The predicted molar refractivity (Wildman–Crippen MR) is 108 cm³/mol. The number of hydrogen-bond acceptors (Lipinski definition) is 4. The summed E-state index contributed by atoms with van der Waals surface area (Å²) in [4.78, 5) is 24.1. The standard InChI is InChI=1S/C21H30N4O3/c1-15(24-20(27)13-22-19(26)12-21(2,3)4)16-7-8-18(28-5)17(11-16)14-25-10-6-9-23-25/h6-11,15H,12-14H2,1-5H3,(H,22,26)(H,24,27). The van der Waals surface area contributed by atoms with Crippen LogP contribution in [0, 0.1) is 5.41 Å². The van der Waals surface area contributed by atoms with Crippen LogP contribution in [0.15, 0.2) is 36.7 Å². The fraction of sp³-hybridized carbons (Fsp3) is 0.476. The van der Waals surface area contributed by atoms with E-state index in [-0.39, 0.29) is 29.8 Å². The highest BCUT2D eigenvalue weighted by Gasteiger charge is 2.17. The van der Waals surface area contributed by atoms with Gasteiger partial charge in [-0.05, 0) is 36.1 Å². The van der Waals surface area contributed by atoms with Gasteiger partial charge in [0.1, 0.15) is 5.75 Å². The fourth-order valence-electron chi connectivity index (χ4n) is 2.86. The Kier molecular flexibility index (Phi) is 7.20. The van der Waals surface area contributed by atoms with E-state index in [9.17, 15) is 9.59 Å². The molecule has 0 saturated heterocycles. The van der Waals surface area contributed by atoms with Crippen molar-refractivity contribution >= 4 is 11.8 Å². The van der Waals surface area contributed by atoms with Gasteiger partial charge in [0.2, 0.25) is 11.8 Å². The lowest BCUT2D eigenvalue weighted by Gasteiger charge is -2.19. The molecule has 0 radical (unpaired) electrons. The predicted octanol–water partition coefficient (Wildman–Crippen LogP) is 2.67. The van der Waals surface area contributed by atoms with Crippen LogP contribution >= 0.6 is 0 Å². The number of ether oxygens (including phenoxy) is 1. The third-order valence-corrected chi connectivity index (χ3v) is 4.21. The molecule has 1 unspecified atom stereocenters. The largest absolute Gasteiger partial charge is 0.496 e. The molecule has 0 saturated carbocycles. The molecule has 1 aromatic heterocycles. The van der Waals surface area contributed by atoms with Crippen LogP contribution < -0.4 is 15.4 Å². The average molecular weight is 386 g/mol. The Hall–Kier alpha value is -2.83. The maximum absolute atomic E-state index is 12.2. The molecule has 0 fully saturated rings. The van der Waals surface area contributed by atoms with Crippen molar-refractivity contribution in [1.82, 2.24) is 20.4 Å². The summed E-state index contributed by atoms with van der Waals surface area (Å²) in [7, 11) is 1.63. The second-order valence-electron chi connectivity index (χ2n) is 8.08. The Morgan fingerprint density at radius 3 is 2.61 bits per heavy atom. The molecule has 7 heteroatoms. The summed E-state index contributed by atoms with van der Waals surface area (Å²) < 4.78 is 7.25. The van der Waals surface area contributed by atoms with Crippen molar-refractivity contribution in [3.8, 4) is 5.75 Å². The lowest BCUT2D eigenvalue weighted by atomic mass is 9.92. The summed E-state index contributed by atoms with van der Waals surface area (Å²) in [6.45, 7) is 8.41. The van der Waals surface area contributed by atoms with Crippen LogP contribution in [0.3, 0.4) is 0 Å². The molecular weight excluding hydrogens is 356 g/mol. The van der Waals surface area contributed by atoms with E-state index in [0.717, 1.165) is 16.9 Å². The van der Waals surface area contributed by atoms with Gasteiger partial charge in [0.15, 0.2) is 0 Å². The molecule has 0 aliphatic carbocycles. The lowest BCUT2D eigenvalue weighted by Crippen LogP contribution is -2.39. The van der Waals surface area contributed by atoms with Gasteiger partial charge >= 0.3 is 0 Å². The Labute approximate surface area is 166 Å². The van der Waals surface area contributed by atoms with Crippen LogP contribution in [0.1, 0.15) is 51.3 Å². The van der Waals surface area contributed by atoms with Crippen LogP contribution in [0.4, 0.5) is 0 Å². The molecule has 2 amide bonds. The zero-order valence-corrected chi connectivity index (χ0v) is 17.3. The molecule has 2 N–H and O–H groups in total. The van der Waals surface area contributed by atoms with Crippen molar-refractivity contribution in [3.05, 3.63) is 47.8 Å². The van der Waals surface area contributed by atoms with Gasteiger partial charge in [0.25, 0.3) is 0 Å². The number of carbonyl (C=O) groups excluding carboxylic acids is 2. The van der Waals surface area contributed by atoms with E-state index in [0.29, 0.717) is 13.0 Å². The molecule has 1 heterocycles. The summed E-state index contributed by atoms with van der Waals surface area (Å²) in [6.07, 6.45) is 4.00. The molecule has 0 aliphatic heterocycles. The summed E-state index contributed by atoms with van der Waals surface area (Å²) in [5, 5.41) is 9.82. The van der Waals surface area contributed by atoms with E-state index in [1.165, 1.54) is 0 Å². The molecule has 28 heavy (non-hydrogen) atoms. The van der Waals surface area contributed by atoms with Gasteiger partial charge in [-0.15, -0.1) is 0 Å². The van der Waals surface area contributed by atoms with Crippen molar-refractivity contribution in [2.24, 2.45) is 5.41 Å². The van der Waals surface area contributed by atoms with E-state index in [2.05, 4.69) is 15.7 Å². The van der Waals surface area contributed by atoms with E-state index < -0.39 is 0 Å². The topological polar surface area (TPSA) is 85.3 Å². The normalized spacial score (nSPS) is 12.3. The molecule has 1 atom stereocenters. The fourth-order valence-corrected chi connectivity index (χ4v) is 2.86. The van der Waals surface area contributed by atoms with E-state index in [1.807, 2.05) is 62.8 Å². The first-order valence-electron chi connectivity index (χ1n) is 9.38. The Bertz CT molecular complexity index is 794. The molecule has 1 aromatic carbocycles. The van der Waals surface area contributed by atoms with Gasteiger partial charge in [-0.3, -0.25) is 14.3 Å². The summed E-state index contributed by atoms with van der Waals surface area (Å²) in [5.74, 6) is 0.424. The lowest BCUT2D eigenvalue weighted by molar-refractivity contribution is -0.127. The Balaban J connectivity index is 1.96. The van der Waals surface area contributed by atoms with Gasteiger partial charge in [-0.25, -0.2) is 0 Å². The van der Waals surface area contributed by atoms with Gasteiger partial charge in [-0.2, -0.15) is 5.10 Å². The molecule has 2 aromatic rings. The number of nitrogens with zero attached hydrogens (tertiary/aromatic N) is 2. The van der Waals surface area contributed by atoms with E-state index >= 15 is 0 Å². The molecule has 0 spiro atoms.